The van der Waals surface area contributed by atoms with E-state index in [9.17, 15) is 0 Å². The Balaban J connectivity index is 1.50. The third kappa shape index (κ3) is 2.18. The lowest BCUT2D eigenvalue weighted by Crippen LogP contribution is -2.46. The monoisotopic (exact) mass is 249 g/mol. The number of likely N-dealkylation sites (tertiary alicyclic amines) is 1. The van der Waals surface area contributed by atoms with Crippen LogP contribution in [0, 0.1) is 28.6 Å². The van der Waals surface area contributed by atoms with E-state index in [2.05, 4.69) is 11.8 Å². The van der Waals surface area contributed by atoms with E-state index in [4.69, 9.17) is 11.1 Å². The zero-order chi connectivity index (χ0) is 12.8. The Bertz CT molecular complexity index is 331. The fourth-order valence-corrected chi connectivity index (χ4v) is 4.43. The Morgan fingerprint density at radius 1 is 1.28 bits per heavy atom. The summed E-state index contributed by atoms with van der Waals surface area (Å²) in [6.07, 6.45) is 8.15. The summed E-state index contributed by atoms with van der Waals surface area (Å²) >= 11 is 0. The maximum atomic E-state index is 7.70. The van der Waals surface area contributed by atoms with Crippen molar-refractivity contribution in [3.63, 3.8) is 0 Å². The maximum Gasteiger partial charge on any atom is 0.0966 e. The minimum Gasteiger partial charge on any atom is -0.387 e. The van der Waals surface area contributed by atoms with Gasteiger partial charge in [-0.15, -0.1) is 0 Å². The van der Waals surface area contributed by atoms with E-state index in [-0.39, 0.29) is 5.41 Å². The molecule has 0 aromatic rings. The second kappa shape index (κ2) is 4.52. The molecule has 3 rings (SSSR count). The van der Waals surface area contributed by atoms with Gasteiger partial charge in [0.25, 0.3) is 0 Å². The number of hydrogen-bond acceptors (Lipinski definition) is 2. The number of hydrogen-bond donors (Lipinski definition) is 2. The van der Waals surface area contributed by atoms with Crippen LogP contribution in [0.5, 0.6) is 0 Å². The SMILES string of the molecule is CC1(C(=N)N)CCN(CC2CC3CCC2C3)CC1. The van der Waals surface area contributed by atoms with Crippen molar-refractivity contribution in [1.29, 1.82) is 5.41 Å². The molecular formula is C15H27N3. The molecule has 1 aliphatic heterocycles. The Morgan fingerprint density at radius 2 is 2.00 bits per heavy atom. The van der Waals surface area contributed by atoms with Crippen molar-refractivity contribution in [2.75, 3.05) is 19.6 Å². The van der Waals surface area contributed by atoms with Gasteiger partial charge in [-0.05, 0) is 62.9 Å². The molecule has 3 heteroatoms. The first-order chi connectivity index (χ1) is 8.57. The van der Waals surface area contributed by atoms with E-state index >= 15 is 0 Å². The molecule has 102 valence electrons. The van der Waals surface area contributed by atoms with Crippen molar-refractivity contribution in [1.82, 2.24) is 4.90 Å². The number of nitrogens with two attached hydrogens (primary N) is 1. The topological polar surface area (TPSA) is 53.1 Å². The van der Waals surface area contributed by atoms with Crippen LogP contribution >= 0.6 is 0 Å². The van der Waals surface area contributed by atoms with Gasteiger partial charge in [0.2, 0.25) is 0 Å². The second-order valence-electron chi connectivity index (χ2n) is 7.21. The van der Waals surface area contributed by atoms with E-state index in [1.54, 1.807) is 0 Å². The fraction of sp³-hybridized carbons (Fsp3) is 0.933. The Kier molecular flexibility index (Phi) is 3.13. The molecule has 0 aromatic carbocycles. The fourth-order valence-electron chi connectivity index (χ4n) is 4.43. The van der Waals surface area contributed by atoms with Gasteiger partial charge in [0, 0.05) is 12.0 Å². The third-order valence-corrected chi connectivity index (χ3v) is 5.99. The normalized spacial score (nSPS) is 39.1. The van der Waals surface area contributed by atoms with Gasteiger partial charge in [0.15, 0.2) is 0 Å². The van der Waals surface area contributed by atoms with Crippen LogP contribution in [-0.4, -0.2) is 30.4 Å². The lowest BCUT2D eigenvalue weighted by molar-refractivity contribution is 0.125. The van der Waals surface area contributed by atoms with Crippen LogP contribution in [0.4, 0.5) is 0 Å². The van der Waals surface area contributed by atoms with Gasteiger partial charge >= 0.3 is 0 Å². The summed E-state index contributed by atoms with van der Waals surface area (Å²) in [7, 11) is 0. The molecule has 1 heterocycles. The number of nitrogens with one attached hydrogen (secondary N) is 1. The Hall–Kier alpha value is -0.570. The van der Waals surface area contributed by atoms with Crippen molar-refractivity contribution in [3.8, 4) is 0 Å². The molecule has 3 atom stereocenters. The van der Waals surface area contributed by atoms with Crippen molar-refractivity contribution in [3.05, 3.63) is 0 Å². The van der Waals surface area contributed by atoms with Crippen molar-refractivity contribution < 1.29 is 0 Å². The molecule has 0 amide bonds. The molecule has 3 N–H and O–H groups in total. The molecule has 0 spiro atoms. The minimum absolute atomic E-state index is 0.0226. The first-order valence-electron chi connectivity index (χ1n) is 7.64. The molecule has 3 unspecified atom stereocenters. The van der Waals surface area contributed by atoms with Gasteiger partial charge in [0.1, 0.15) is 0 Å². The summed E-state index contributed by atoms with van der Waals surface area (Å²) < 4.78 is 0. The highest BCUT2D eigenvalue weighted by Crippen LogP contribution is 2.48. The predicted molar refractivity (Wildman–Crippen MR) is 74.6 cm³/mol. The smallest absolute Gasteiger partial charge is 0.0966 e. The maximum absolute atomic E-state index is 7.70. The summed E-state index contributed by atoms with van der Waals surface area (Å²) in [4.78, 5) is 2.63. The summed E-state index contributed by atoms with van der Waals surface area (Å²) in [6.45, 7) is 5.76. The molecule has 0 radical (unpaired) electrons. The lowest BCUT2D eigenvalue weighted by Gasteiger charge is -2.40. The van der Waals surface area contributed by atoms with E-state index < -0.39 is 0 Å². The molecule has 2 saturated carbocycles. The molecule has 0 aromatic heterocycles. The number of fused-ring (bicyclic) bond motifs is 2. The largest absolute Gasteiger partial charge is 0.387 e. The average Bonchev–Trinajstić information content (AvgIpc) is 2.94. The van der Waals surface area contributed by atoms with Crippen molar-refractivity contribution in [2.45, 2.75) is 45.4 Å². The van der Waals surface area contributed by atoms with Crippen LogP contribution in [-0.2, 0) is 0 Å². The molecule has 3 aliphatic rings. The van der Waals surface area contributed by atoms with Crippen LogP contribution in [0.2, 0.25) is 0 Å². The van der Waals surface area contributed by atoms with Crippen LogP contribution in [0.3, 0.4) is 0 Å². The van der Waals surface area contributed by atoms with Crippen LogP contribution in [0.15, 0.2) is 0 Å². The predicted octanol–water partition coefficient (Wildman–Crippen LogP) is 2.46. The Morgan fingerprint density at radius 3 is 2.50 bits per heavy atom. The van der Waals surface area contributed by atoms with Crippen molar-refractivity contribution in [2.24, 2.45) is 28.9 Å². The average molecular weight is 249 g/mol. The number of piperidine rings is 1. The van der Waals surface area contributed by atoms with E-state index in [1.165, 1.54) is 32.2 Å². The second-order valence-corrected chi connectivity index (χ2v) is 7.21. The number of rotatable bonds is 3. The van der Waals surface area contributed by atoms with Crippen LogP contribution in [0.1, 0.15) is 45.4 Å². The van der Waals surface area contributed by atoms with E-state index in [0.717, 1.165) is 43.7 Å². The van der Waals surface area contributed by atoms with Gasteiger partial charge in [0.05, 0.1) is 5.84 Å². The zero-order valence-corrected chi connectivity index (χ0v) is 11.6. The molecule has 2 aliphatic carbocycles. The van der Waals surface area contributed by atoms with Gasteiger partial charge in [-0.1, -0.05) is 13.3 Å². The van der Waals surface area contributed by atoms with Gasteiger partial charge < -0.3 is 10.6 Å². The molecule has 1 saturated heterocycles. The number of nitrogens with zero attached hydrogens (tertiary/aromatic N) is 1. The molecular weight excluding hydrogens is 222 g/mol. The highest BCUT2D eigenvalue weighted by atomic mass is 15.1. The summed E-state index contributed by atoms with van der Waals surface area (Å²) in [5.74, 6) is 3.47. The highest BCUT2D eigenvalue weighted by Gasteiger charge is 2.41. The molecule has 2 bridgehead atoms. The Labute approximate surface area is 111 Å². The van der Waals surface area contributed by atoms with Gasteiger partial charge in [-0.25, -0.2) is 0 Å². The van der Waals surface area contributed by atoms with E-state index in [0.29, 0.717) is 5.84 Å². The molecule has 18 heavy (non-hydrogen) atoms. The summed E-state index contributed by atoms with van der Waals surface area (Å²) in [6, 6.07) is 0. The number of amidine groups is 1. The first-order valence-corrected chi connectivity index (χ1v) is 7.64. The van der Waals surface area contributed by atoms with Gasteiger partial charge in [-0.2, -0.15) is 0 Å². The summed E-state index contributed by atoms with van der Waals surface area (Å²) in [5.41, 5.74) is 5.70. The first kappa shape index (κ1) is 12.5. The van der Waals surface area contributed by atoms with Gasteiger partial charge in [-0.3, -0.25) is 5.41 Å². The lowest BCUT2D eigenvalue weighted by atomic mass is 9.79. The van der Waals surface area contributed by atoms with Crippen LogP contribution < -0.4 is 5.73 Å². The quantitative estimate of drug-likeness (QED) is 0.596. The minimum atomic E-state index is -0.0226. The van der Waals surface area contributed by atoms with Crippen LogP contribution in [0.25, 0.3) is 0 Å². The van der Waals surface area contributed by atoms with E-state index in [1.807, 2.05) is 0 Å². The third-order valence-electron chi connectivity index (χ3n) is 5.99. The van der Waals surface area contributed by atoms with Crippen molar-refractivity contribution >= 4 is 5.84 Å². The molecule has 3 fully saturated rings. The standard InChI is InChI=1S/C15H27N3/c1-15(14(16)17)4-6-18(7-5-15)10-13-9-11-2-3-12(13)8-11/h11-13H,2-10H2,1H3,(H3,16,17). The highest BCUT2D eigenvalue weighted by molar-refractivity contribution is 5.83. The molecule has 3 nitrogen and oxygen atoms in total. The zero-order valence-electron chi connectivity index (χ0n) is 11.6. The summed E-state index contributed by atoms with van der Waals surface area (Å²) in [5, 5.41) is 7.70.